The second-order valence-corrected chi connectivity index (χ2v) is 4.96. The molecular formula is C15H24ClNO. The molecule has 102 valence electrons. The highest BCUT2D eigenvalue weighted by molar-refractivity contribution is 6.30. The predicted molar refractivity (Wildman–Crippen MR) is 78.2 cm³/mol. The summed E-state index contributed by atoms with van der Waals surface area (Å²) in [6.07, 6.45) is 4.64. The molecule has 0 heterocycles. The maximum absolute atomic E-state index is 6.02. The Morgan fingerprint density at radius 2 is 2.11 bits per heavy atom. The lowest BCUT2D eigenvalue weighted by Gasteiger charge is -2.17. The van der Waals surface area contributed by atoms with Crippen molar-refractivity contribution in [2.24, 2.45) is 0 Å². The molecule has 0 aliphatic rings. The molecule has 1 N–H and O–H groups in total. The Balaban J connectivity index is 2.29. The first-order chi connectivity index (χ1) is 8.77. The standard InChI is InChI=1S/C15H24ClNO/c1-3-15(13-8-7-9-14(16)12-13)17-10-5-4-6-11-18-2/h7-9,12,15,17H,3-6,10-11H2,1-2H3. The third-order valence-electron chi connectivity index (χ3n) is 3.08. The van der Waals surface area contributed by atoms with Crippen LogP contribution >= 0.6 is 11.6 Å². The van der Waals surface area contributed by atoms with E-state index in [2.05, 4.69) is 18.3 Å². The van der Waals surface area contributed by atoms with Crippen LogP contribution in [0.4, 0.5) is 0 Å². The molecule has 0 radical (unpaired) electrons. The lowest BCUT2D eigenvalue weighted by molar-refractivity contribution is 0.192. The van der Waals surface area contributed by atoms with Crippen molar-refractivity contribution in [3.8, 4) is 0 Å². The lowest BCUT2D eigenvalue weighted by Crippen LogP contribution is -2.21. The van der Waals surface area contributed by atoms with E-state index in [1.807, 2.05) is 18.2 Å². The van der Waals surface area contributed by atoms with Crippen molar-refractivity contribution in [3.63, 3.8) is 0 Å². The van der Waals surface area contributed by atoms with E-state index in [9.17, 15) is 0 Å². The molecule has 0 amide bonds. The zero-order chi connectivity index (χ0) is 13.2. The van der Waals surface area contributed by atoms with Crippen molar-refractivity contribution < 1.29 is 4.74 Å². The van der Waals surface area contributed by atoms with Gasteiger partial charge in [0.05, 0.1) is 0 Å². The molecule has 1 aromatic rings. The van der Waals surface area contributed by atoms with E-state index in [0.29, 0.717) is 6.04 Å². The van der Waals surface area contributed by atoms with E-state index in [1.165, 1.54) is 18.4 Å². The molecule has 0 spiro atoms. The van der Waals surface area contributed by atoms with Crippen LogP contribution in [-0.2, 0) is 4.74 Å². The number of halogens is 1. The maximum atomic E-state index is 6.02. The quantitative estimate of drug-likeness (QED) is 0.679. The maximum Gasteiger partial charge on any atom is 0.0462 e. The first-order valence-corrected chi connectivity index (χ1v) is 7.13. The van der Waals surface area contributed by atoms with E-state index in [-0.39, 0.29) is 0 Å². The van der Waals surface area contributed by atoms with E-state index >= 15 is 0 Å². The van der Waals surface area contributed by atoms with Gasteiger partial charge in [0.25, 0.3) is 0 Å². The molecule has 0 aromatic heterocycles. The highest BCUT2D eigenvalue weighted by atomic mass is 35.5. The number of hydrogen-bond donors (Lipinski definition) is 1. The second kappa shape index (κ2) is 9.37. The molecule has 1 unspecified atom stereocenters. The van der Waals surface area contributed by atoms with Gasteiger partial charge in [-0.1, -0.05) is 30.7 Å². The van der Waals surface area contributed by atoms with Gasteiger partial charge in [0.1, 0.15) is 0 Å². The molecule has 0 aliphatic carbocycles. The summed E-state index contributed by atoms with van der Waals surface area (Å²) in [5.74, 6) is 0. The Hall–Kier alpha value is -0.570. The van der Waals surface area contributed by atoms with Crippen LogP contribution in [0.2, 0.25) is 5.02 Å². The Morgan fingerprint density at radius 3 is 2.78 bits per heavy atom. The number of ether oxygens (including phenoxy) is 1. The van der Waals surface area contributed by atoms with Gasteiger partial charge in [0.15, 0.2) is 0 Å². The van der Waals surface area contributed by atoms with Crippen molar-refractivity contribution in [1.29, 1.82) is 0 Å². The van der Waals surface area contributed by atoms with Crippen molar-refractivity contribution in [2.75, 3.05) is 20.3 Å². The fraction of sp³-hybridized carbons (Fsp3) is 0.600. The van der Waals surface area contributed by atoms with Crippen LogP contribution in [0.3, 0.4) is 0 Å². The third kappa shape index (κ3) is 5.85. The first kappa shape index (κ1) is 15.5. The summed E-state index contributed by atoms with van der Waals surface area (Å²) < 4.78 is 5.04. The Morgan fingerprint density at radius 1 is 1.28 bits per heavy atom. The minimum absolute atomic E-state index is 0.408. The van der Waals surface area contributed by atoms with E-state index in [1.54, 1.807) is 7.11 Å². The summed E-state index contributed by atoms with van der Waals surface area (Å²) in [7, 11) is 1.75. The predicted octanol–water partition coefficient (Wildman–Crippen LogP) is 4.20. The Kier molecular flexibility index (Phi) is 8.06. The number of benzene rings is 1. The number of methoxy groups -OCH3 is 1. The average molecular weight is 270 g/mol. The van der Waals surface area contributed by atoms with Crippen LogP contribution in [0.25, 0.3) is 0 Å². The van der Waals surface area contributed by atoms with Gasteiger partial charge in [-0.05, 0) is 49.9 Å². The zero-order valence-corrected chi connectivity index (χ0v) is 12.2. The fourth-order valence-corrected chi connectivity index (χ4v) is 2.24. The molecule has 3 heteroatoms. The first-order valence-electron chi connectivity index (χ1n) is 6.75. The minimum atomic E-state index is 0.408. The molecule has 18 heavy (non-hydrogen) atoms. The van der Waals surface area contributed by atoms with Crippen LogP contribution in [0.15, 0.2) is 24.3 Å². The lowest BCUT2D eigenvalue weighted by atomic mass is 10.0. The van der Waals surface area contributed by atoms with Gasteiger partial charge in [0.2, 0.25) is 0 Å². The van der Waals surface area contributed by atoms with Gasteiger partial charge < -0.3 is 10.1 Å². The van der Waals surface area contributed by atoms with Crippen molar-refractivity contribution in [2.45, 2.75) is 38.6 Å². The summed E-state index contributed by atoms with van der Waals surface area (Å²) in [6.45, 7) is 4.11. The van der Waals surface area contributed by atoms with Gasteiger partial charge >= 0.3 is 0 Å². The molecule has 0 bridgehead atoms. The van der Waals surface area contributed by atoms with Crippen molar-refractivity contribution in [3.05, 3.63) is 34.9 Å². The van der Waals surface area contributed by atoms with Crippen LogP contribution < -0.4 is 5.32 Å². The normalized spacial score (nSPS) is 12.6. The smallest absolute Gasteiger partial charge is 0.0462 e. The molecular weight excluding hydrogens is 246 g/mol. The second-order valence-electron chi connectivity index (χ2n) is 4.52. The van der Waals surface area contributed by atoms with Gasteiger partial charge in [-0.15, -0.1) is 0 Å². The van der Waals surface area contributed by atoms with Crippen LogP contribution in [0.1, 0.15) is 44.2 Å². The zero-order valence-electron chi connectivity index (χ0n) is 11.4. The summed E-state index contributed by atoms with van der Waals surface area (Å²) in [6, 6.07) is 8.53. The van der Waals surface area contributed by atoms with Crippen LogP contribution in [0, 0.1) is 0 Å². The highest BCUT2D eigenvalue weighted by Crippen LogP contribution is 2.20. The summed E-state index contributed by atoms with van der Waals surface area (Å²) in [5.41, 5.74) is 1.28. The molecule has 0 aliphatic heterocycles. The average Bonchev–Trinajstić information content (AvgIpc) is 2.38. The Labute approximate surface area is 116 Å². The minimum Gasteiger partial charge on any atom is -0.385 e. The van der Waals surface area contributed by atoms with Gasteiger partial charge in [-0.3, -0.25) is 0 Å². The third-order valence-corrected chi connectivity index (χ3v) is 3.31. The molecule has 0 saturated carbocycles. The van der Waals surface area contributed by atoms with E-state index < -0.39 is 0 Å². The van der Waals surface area contributed by atoms with Crippen molar-refractivity contribution >= 4 is 11.6 Å². The monoisotopic (exact) mass is 269 g/mol. The highest BCUT2D eigenvalue weighted by Gasteiger charge is 2.08. The van der Waals surface area contributed by atoms with Gasteiger partial charge in [0, 0.05) is 24.8 Å². The number of unbranched alkanes of at least 4 members (excludes halogenated alkanes) is 2. The van der Waals surface area contributed by atoms with E-state index in [4.69, 9.17) is 16.3 Å². The molecule has 1 rings (SSSR count). The van der Waals surface area contributed by atoms with E-state index in [0.717, 1.165) is 31.0 Å². The molecule has 1 atom stereocenters. The van der Waals surface area contributed by atoms with Gasteiger partial charge in [-0.25, -0.2) is 0 Å². The largest absolute Gasteiger partial charge is 0.385 e. The van der Waals surface area contributed by atoms with Crippen LogP contribution in [-0.4, -0.2) is 20.3 Å². The Bertz CT molecular complexity index is 330. The molecule has 0 fully saturated rings. The summed E-state index contributed by atoms with van der Waals surface area (Å²) >= 11 is 6.02. The van der Waals surface area contributed by atoms with Gasteiger partial charge in [-0.2, -0.15) is 0 Å². The fourth-order valence-electron chi connectivity index (χ4n) is 2.05. The molecule has 0 saturated heterocycles. The van der Waals surface area contributed by atoms with Crippen molar-refractivity contribution in [1.82, 2.24) is 5.32 Å². The number of nitrogens with one attached hydrogen (secondary N) is 1. The van der Waals surface area contributed by atoms with Crippen LogP contribution in [0.5, 0.6) is 0 Å². The topological polar surface area (TPSA) is 21.3 Å². The SMILES string of the molecule is CCC(NCCCCCOC)c1cccc(Cl)c1. The number of rotatable bonds is 9. The number of hydrogen-bond acceptors (Lipinski definition) is 2. The summed E-state index contributed by atoms with van der Waals surface area (Å²) in [4.78, 5) is 0. The molecule has 1 aromatic carbocycles. The summed E-state index contributed by atoms with van der Waals surface area (Å²) in [5, 5.41) is 4.40. The molecule has 2 nitrogen and oxygen atoms in total.